The number of thiazole rings is 1. The number of nitrogens with one attached hydrogen (secondary N) is 1. The molecule has 0 amide bonds. The first-order valence-corrected chi connectivity index (χ1v) is 9.31. The molecule has 0 radical (unpaired) electrons. The third-order valence-corrected chi connectivity index (χ3v) is 5.23. The maximum atomic E-state index is 12.7. The molecule has 0 fully saturated rings. The van der Waals surface area contributed by atoms with Crippen molar-refractivity contribution in [3.05, 3.63) is 69.1 Å². The van der Waals surface area contributed by atoms with E-state index in [2.05, 4.69) is 15.1 Å². The second-order valence-corrected chi connectivity index (χ2v) is 7.30. The van der Waals surface area contributed by atoms with Gasteiger partial charge in [-0.1, -0.05) is 29.0 Å². The third kappa shape index (κ3) is 3.39. The maximum absolute atomic E-state index is 12.7. The highest BCUT2D eigenvalue weighted by Crippen LogP contribution is 2.30. The normalized spacial score (nSPS) is 11.5. The number of aliphatic imine (C=N–C) groups is 1. The number of hydrogen-bond donors (Lipinski definition) is 1. The van der Waals surface area contributed by atoms with E-state index in [0.717, 1.165) is 16.0 Å². The van der Waals surface area contributed by atoms with Gasteiger partial charge in [-0.3, -0.25) is 9.89 Å². The van der Waals surface area contributed by atoms with E-state index in [1.807, 2.05) is 31.2 Å². The zero-order valence-electron chi connectivity index (χ0n) is 14.6. The van der Waals surface area contributed by atoms with Gasteiger partial charge in [0.15, 0.2) is 0 Å². The van der Waals surface area contributed by atoms with Crippen molar-refractivity contribution in [3.8, 4) is 11.4 Å². The SMILES string of the molecule is COc1ccc2nc(/N=C/c3c(C)[nH]n(-c4cccc(Cl)c4)c3=O)sc2c1. The van der Waals surface area contributed by atoms with Crippen LogP contribution in [-0.2, 0) is 0 Å². The third-order valence-electron chi connectivity index (χ3n) is 4.07. The predicted octanol–water partition coefficient (Wildman–Crippen LogP) is 4.50. The minimum absolute atomic E-state index is 0.193. The zero-order chi connectivity index (χ0) is 19.0. The van der Waals surface area contributed by atoms with E-state index >= 15 is 0 Å². The second kappa shape index (κ2) is 7.02. The Morgan fingerprint density at radius 1 is 1.30 bits per heavy atom. The number of fused-ring (bicyclic) bond motifs is 1. The Labute approximate surface area is 163 Å². The van der Waals surface area contributed by atoms with Crippen molar-refractivity contribution in [1.29, 1.82) is 0 Å². The highest BCUT2D eigenvalue weighted by atomic mass is 35.5. The molecule has 0 aliphatic carbocycles. The molecule has 4 rings (SSSR count). The number of hydrogen-bond acceptors (Lipinski definition) is 5. The molecular formula is C19H15ClN4O2S. The van der Waals surface area contributed by atoms with E-state index in [9.17, 15) is 4.79 Å². The van der Waals surface area contributed by atoms with Gasteiger partial charge in [0.05, 0.1) is 28.6 Å². The average Bonchev–Trinajstić information content (AvgIpc) is 3.19. The van der Waals surface area contributed by atoms with E-state index in [1.165, 1.54) is 16.0 Å². The summed E-state index contributed by atoms with van der Waals surface area (Å²) < 4.78 is 7.65. The van der Waals surface area contributed by atoms with Gasteiger partial charge in [0.25, 0.3) is 5.56 Å². The van der Waals surface area contributed by atoms with Crippen LogP contribution in [0, 0.1) is 6.92 Å². The van der Waals surface area contributed by atoms with Gasteiger partial charge >= 0.3 is 0 Å². The lowest BCUT2D eigenvalue weighted by Crippen LogP contribution is -2.17. The van der Waals surface area contributed by atoms with Gasteiger partial charge in [-0.05, 0) is 43.3 Å². The summed E-state index contributed by atoms with van der Waals surface area (Å²) in [7, 11) is 1.63. The van der Waals surface area contributed by atoms with Gasteiger partial charge in [0, 0.05) is 16.9 Å². The van der Waals surface area contributed by atoms with Crippen LogP contribution in [0.25, 0.3) is 15.9 Å². The summed E-state index contributed by atoms with van der Waals surface area (Å²) in [6.45, 7) is 1.83. The number of aromatic nitrogens is 3. The molecule has 4 aromatic rings. The first-order chi connectivity index (χ1) is 13.0. The molecule has 1 N–H and O–H groups in total. The van der Waals surface area contributed by atoms with Crippen LogP contribution >= 0.6 is 22.9 Å². The first-order valence-electron chi connectivity index (χ1n) is 8.11. The van der Waals surface area contributed by atoms with Gasteiger partial charge in [-0.25, -0.2) is 14.7 Å². The number of rotatable bonds is 4. The number of aromatic amines is 1. The molecule has 0 saturated carbocycles. The fraction of sp³-hybridized carbons (Fsp3) is 0.105. The molecule has 2 aromatic heterocycles. The number of ether oxygens (including phenoxy) is 1. The Morgan fingerprint density at radius 2 is 2.15 bits per heavy atom. The number of methoxy groups -OCH3 is 1. The van der Waals surface area contributed by atoms with Crippen LogP contribution in [0.3, 0.4) is 0 Å². The summed E-state index contributed by atoms with van der Waals surface area (Å²) in [5, 5.41) is 4.19. The minimum atomic E-state index is -0.193. The van der Waals surface area contributed by atoms with Gasteiger partial charge in [-0.2, -0.15) is 0 Å². The van der Waals surface area contributed by atoms with E-state index in [1.54, 1.807) is 31.5 Å². The quantitative estimate of drug-likeness (QED) is 0.514. The molecule has 2 aromatic carbocycles. The Balaban J connectivity index is 1.69. The van der Waals surface area contributed by atoms with Crippen LogP contribution < -0.4 is 10.3 Å². The molecule has 8 heteroatoms. The lowest BCUT2D eigenvalue weighted by molar-refractivity contribution is 0.415. The maximum Gasteiger partial charge on any atom is 0.280 e. The van der Waals surface area contributed by atoms with Crippen molar-refractivity contribution in [3.63, 3.8) is 0 Å². The van der Waals surface area contributed by atoms with Crippen LogP contribution in [0.15, 0.2) is 52.3 Å². The number of halogens is 1. The molecular weight excluding hydrogens is 384 g/mol. The summed E-state index contributed by atoms with van der Waals surface area (Å²) in [4.78, 5) is 21.6. The molecule has 2 heterocycles. The van der Waals surface area contributed by atoms with E-state index in [-0.39, 0.29) is 5.56 Å². The number of nitrogens with zero attached hydrogens (tertiary/aromatic N) is 3. The molecule has 27 heavy (non-hydrogen) atoms. The van der Waals surface area contributed by atoms with E-state index in [0.29, 0.717) is 27.1 Å². The van der Waals surface area contributed by atoms with Gasteiger partial charge in [-0.15, -0.1) is 0 Å². The summed E-state index contributed by atoms with van der Waals surface area (Å²) >= 11 is 7.46. The number of benzene rings is 2. The fourth-order valence-corrected chi connectivity index (χ4v) is 3.73. The van der Waals surface area contributed by atoms with Crippen molar-refractivity contribution >= 4 is 44.5 Å². The molecule has 0 saturated heterocycles. The summed E-state index contributed by atoms with van der Waals surface area (Å²) in [5.41, 5.74) is 2.51. The molecule has 0 unspecified atom stereocenters. The summed E-state index contributed by atoms with van der Waals surface area (Å²) in [6.07, 6.45) is 1.55. The standard InChI is InChI=1S/C19H15ClN4O2S/c1-11-15(18(25)24(23-11)13-5-3-4-12(20)8-13)10-21-19-22-16-7-6-14(26-2)9-17(16)27-19/h3-10,23H,1-2H3/b21-10+. The molecule has 6 nitrogen and oxygen atoms in total. The fourth-order valence-electron chi connectivity index (χ4n) is 2.70. The van der Waals surface area contributed by atoms with Crippen molar-refractivity contribution in [2.24, 2.45) is 4.99 Å². The lowest BCUT2D eigenvalue weighted by atomic mass is 10.3. The minimum Gasteiger partial charge on any atom is -0.497 e. The molecule has 136 valence electrons. The van der Waals surface area contributed by atoms with Crippen molar-refractivity contribution in [2.45, 2.75) is 6.92 Å². The lowest BCUT2D eigenvalue weighted by Gasteiger charge is -2.01. The Morgan fingerprint density at radius 3 is 2.93 bits per heavy atom. The predicted molar refractivity (Wildman–Crippen MR) is 110 cm³/mol. The molecule has 0 spiro atoms. The highest BCUT2D eigenvalue weighted by Gasteiger charge is 2.11. The molecule has 0 aliphatic heterocycles. The van der Waals surface area contributed by atoms with Crippen molar-refractivity contribution in [1.82, 2.24) is 14.8 Å². The van der Waals surface area contributed by atoms with Gasteiger partial charge in [0.1, 0.15) is 5.75 Å². The van der Waals surface area contributed by atoms with Crippen LogP contribution in [0.2, 0.25) is 5.02 Å². The van der Waals surface area contributed by atoms with E-state index in [4.69, 9.17) is 16.3 Å². The zero-order valence-corrected chi connectivity index (χ0v) is 16.1. The summed E-state index contributed by atoms with van der Waals surface area (Å²) in [6, 6.07) is 12.7. The molecule has 0 bridgehead atoms. The van der Waals surface area contributed by atoms with Gasteiger partial charge < -0.3 is 4.74 Å². The van der Waals surface area contributed by atoms with Crippen LogP contribution in [0.5, 0.6) is 5.75 Å². The number of H-pyrrole nitrogens is 1. The Kier molecular flexibility index (Phi) is 4.55. The Bertz CT molecular complexity index is 1220. The van der Waals surface area contributed by atoms with Crippen molar-refractivity contribution in [2.75, 3.05) is 7.11 Å². The average molecular weight is 399 g/mol. The highest BCUT2D eigenvalue weighted by molar-refractivity contribution is 7.22. The monoisotopic (exact) mass is 398 g/mol. The molecule has 0 aliphatic rings. The van der Waals surface area contributed by atoms with Crippen molar-refractivity contribution < 1.29 is 4.74 Å². The second-order valence-electron chi connectivity index (χ2n) is 5.86. The summed E-state index contributed by atoms with van der Waals surface area (Å²) in [5.74, 6) is 0.771. The largest absolute Gasteiger partial charge is 0.497 e. The molecule has 0 atom stereocenters. The van der Waals surface area contributed by atoms with Gasteiger partial charge in [0.2, 0.25) is 5.13 Å². The smallest absolute Gasteiger partial charge is 0.280 e. The Hall–Kier alpha value is -2.90. The van der Waals surface area contributed by atoms with Crippen LogP contribution in [-0.4, -0.2) is 28.1 Å². The topological polar surface area (TPSA) is 72.3 Å². The van der Waals surface area contributed by atoms with E-state index < -0.39 is 0 Å². The number of aryl methyl sites for hydroxylation is 1. The van der Waals surface area contributed by atoms with Crippen LogP contribution in [0.1, 0.15) is 11.3 Å². The first kappa shape index (κ1) is 17.5. The van der Waals surface area contributed by atoms with Crippen LogP contribution in [0.4, 0.5) is 5.13 Å².